The molecule has 2 N–H and O–H groups in total. The molecule has 1 amide bonds. The van der Waals surface area contributed by atoms with Crippen molar-refractivity contribution in [1.29, 1.82) is 0 Å². The van der Waals surface area contributed by atoms with Gasteiger partial charge in [-0.05, 0) is 31.2 Å². The largest absolute Gasteiger partial charge is 0.348 e. The number of carbonyl (C=O) groups excluding carboxylic acids is 1. The summed E-state index contributed by atoms with van der Waals surface area (Å²) in [5, 5.41) is 9.42. The Balaban J connectivity index is 1.98. The van der Waals surface area contributed by atoms with Crippen LogP contribution in [0.3, 0.4) is 0 Å². The highest BCUT2D eigenvalue weighted by atomic mass is 32.2. The quantitative estimate of drug-likeness (QED) is 0.883. The molecule has 21 heavy (non-hydrogen) atoms. The number of nitrogens with zero attached hydrogens (tertiary/aromatic N) is 1. The zero-order valence-electron chi connectivity index (χ0n) is 12.7. The molecule has 0 spiro atoms. The van der Waals surface area contributed by atoms with Gasteiger partial charge in [0, 0.05) is 18.0 Å². The van der Waals surface area contributed by atoms with Crippen LogP contribution in [0.25, 0.3) is 0 Å². The maximum Gasteiger partial charge on any atom is 0.271 e. The van der Waals surface area contributed by atoms with E-state index in [9.17, 15) is 13.2 Å². The van der Waals surface area contributed by atoms with Crippen molar-refractivity contribution in [2.75, 3.05) is 6.26 Å². The lowest BCUT2D eigenvalue weighted by Crippen LogP contribution is -2.41. The van der Waals surface area contributed by atoms with E-state index in [1.807, 2.05) is 13.8 Å². The van der Waals surface area contributed by atoms with Gasteiger partial charge in [0.2, 0.25) is 0 Å². The summed E-state index contributed by atoms with van der Waals surface area (Å²) >= 11 is 0. The van der Waals surface area contributed by atoms with E-state index in [0.717, 1.165) is 18.5 Å². The van der Waals surface area contributed by atoms with Crippen molar-refractivity contribution in [1.82, 2.24) is 15.5 Å². The number of nitrogens with one attached hydrogen (secondary N) is 2. The van der Waals surface area contributed by atoms with Crippen molar-refractivity contribution in [2.24, 2.45) is 0 Å². The van der Waals surface area contributed by atoms with Crippen molar-refractivity contribution in [2.45, 2.75) is 56.7 Å². The topological polar surface area (TPSA) is 91.9 Å². The molecule has 0 aromatic carbocycles. The molecule has 1 aliphatic carbocycles. The van der Waals surface area contributed by atoms with Crippen LogP contribution in [0.1, 0.15) is 61.6 Å². The van der Waals surface area contributed by atoms with Crippen LogP contribution in [0.4, 0.5) is 0 Å². The third-order valence-corrected chi connectivity index (χ3v) is 5.66. The van der Waals surface area contributed by atoms with E-state index in [2.05, 4.69) is 15.5 Å². The molecule has 118 valence electrons. The fourth-order valence-electron chi connectivity index (χ4n) is 2.67. The lowest BCUT2D eigenvalue weighted by Gasteiger charge is -2.28. The molecule has 0 unspecified atom stereocenters. The molecule has 2 atom stereocenters. The molecule has 0 aliphatic heterocycles. The van der Waals surface area contributed by atoms with Gasteiger partial charge in [-0.2, -0.15) is 5.10 Å². The van der Waals surface area contributed by atoms with Gasteiger partial charge in [-0.3, -0.25) is 9.89 Å². The molecule has 0 saturated heterocycles. The summed E-state index contributed by atoms with van der Waals surface area (Å²) in [6.07, 6.45) is 4.08. The van der Waals surface area contributed by atoms with Crippen LogP contribution in [0.5, 0.6) is 0 Å². The highest BCUT2D eigenvalue weighted by Gasteiger charge is 2.30. The standard InChI is InChI=1S/C14H23N3O3S/c1-9(2)12-8-13(17-16-12)14(18)15-10-5-4-6-11(7-10)21(3,19)20/h8-11H,4-7H2,1-3H3,(H,15,18)(H,16,17)/t10-,11-/m0/s1. The van der Waals surface area contributed by atoms with Gasteiger partial charge in [0.05, 0.1) is 5.25 Å². The number of hydrogen-bond acceptors (Lipinski definition) is 4. The first kappa shape index (κ1) is 16.0. The number of aromatic amines is 1. The molecule has 7 heteroatoms. The first-order valence-corrected chi connectivity index (χ1v) is 9.28. The Bertz CT molecular complexity index is 607. The zero-order valence-corrected chi connectivity index (χ0v) is 13.5. The summed E-state index contributed by atoms with van der Waals surface area (Å²) in [4.78, 5) is 12.2. The van der Waals surface area contributed by atoms with Crippen LogP contribution in [-0.4, -0.2) is 42.1 Å². The van der Waals surface area contributed by atoms with Gasteiger partial charge >= 0.3 is 0 Å². The fraction of sp³-hybridized carbons (Fsp3) is 0.714. The zero-order chi connectivity index (χ0) is 15.6. The Morgan fingerprint density at radius 2 is 2.14 bits per heavy atom. The van der Waals surface area contributed by atoms with Crippen molar-refractivity contribution < 1.29 is 13.2 Å². The Hall–Kier alpha value is -1.37. The molecule has 6 nitrogen and oxygen atoms in total. The summed E-state index contributed by atoms with van der Waals surface area (Å²) < 4.78 is 23.3. The number of H-pyrrole nitrogens is 1. The van der Waals surface area contributed by atoms with E-state index in [1.54, 1.807) is 6.07 Å². The second kappa shape index (κ2) is 6.17. The van der Waals surface area contributed by atoms with Gasteiger partial charge in [-0.25, -0.2) is 8.42 Å². The number of rotatable bonds is 4. The summed E-state index contributed by atoms with van der Waals surface area (Å²) in [5.74, 6) is 0.0423. The van der Waals surface area contributed by atoms with Gasteiger partial charge in [0.1, 0.15) is 15.5 Å². The smallest absolute Gasteiger partial charge is 0.271 e. The van der Waals surface area contributed by atoms with Gasteiger partial charge in [0.15, 0.2) is 0 Å². The molecule has 0 bridgehead atoms. The number of aromatic nitrogens is 2. The van der Waals surface area contributed by atoms with E-state index < -0.39 is 9.84 Å². The first-order chi connectivity index (χ1) is 9.77. The predicted octanol–water partition coefficient (Wildman–Crippen LogP) is 1.62. The van der Waals surface area contributed by atoms with Crippen molar-refractivity contribution in [3.63, 3.8) is 0 Å². The summed E-state index contributed by atoms with van der Waals surface area (Å²) in [7, 11) is -3.04. The average molecular weight is 313 g/mol. The highest BCUT2D eigenvalue weighted by molar-refractivity contribution is 7.91. The van der Waals surface area contributed by atoms with E-state index in [-0.39, 0.29) is 23.1 Å². The molecule has 1 fully saturated rings. The first-order valence-electron chi connectivity index (χ1n) is 7.32. The third-order valence-electron chi connectivity index (χ3n) is 4.02. The van der Waals surface area contributed by atoms with Crippen molar-refractivity contribution in [3.05, 3.63) is 17.5 Å². The minimum atomic E-state index is -3.04. The Morgan fingerprint density at radius 3 is 2.71 bits per heavy atom. The number of hydrogen-bond donors (Lipinski definition) is 2. The Morgan fingerprint density at radius 1 is 1.43 bits per heavy atom. The van der Waals surface area contributed by atoms with Crippen LogP contribution in [0, 0.1) is 0 Å². The highest BCUT2D eigenvalue weighted by Crippen LogP contribution is 2.24. The summed E-state index contributed by atoms with van der Waals surface area (Å²) in [6, 6.07) is 1.65. The molecular formula is C14H23N3O3S. The van der Waals surface area contributed by atoms with Crippen molar-refractivity contribution >= 4 is 15.7 Å². The minimum Gasteiger partial charge on any atom is -0.348 e. The molecule has 1 aliphatic rings. The van der Waals surface area contributed by atoms with E-state index in [4.69, 9.17) is 0 Å². The van der Waals surface area contributed by atoms with Crippen LogP contribution in [-0.2, 0) is 9.84 Å². The van der Waals surface area contributed by atoms with E-state index >= 15 is 0 Å². The fourth-order valence-corrected chi connectivity index (χ4v) is 3.85. The van der Waals surface area contributed by atoms with Crippen LogP contribution in [0.15, 0.2) is 6.07 Å². The lowest BCUT2D eigenvalue weighted by molar-refractivity contribution is 0.0923. The number of amides is 1. The lowest BCUT2D eigenvalue weighted by atomic mass is 9.95. The molecular weight excluding hydrogens is 290 g/mol. The Labute approximate surface area is 125 Å². The second-order valence-corrected chi connectivity index (χ2v) is 8.48. The van der Waals surface area contributed by atoms with E-state index in [0.29, 0.717) is 18.5 Å². The SMILES string of the molecule is CC(C)c1cc(C(=O)N[C@H]2CCC[C@H](S(C)(=O)=O)C2)n[nH]1. The molecule has 1 heterocycles. The maximum absolute atomic E-state index is 12.2. The monoisotopic (exact) mass is 313 g/mol. The number of sulfone groups is 1. The molecule has 1 aromatic rings. The average Bonchev–Trinajstić information content (AvgIpc) is 2.88. The van der Waals surface area contributed by atoms with Gasteiger partial charge < -0.3 is 5.32 Å². The van der Waals surface area contributed by atoms with Crippen LogP contribution >= 0.6 is 0 Å². The minimum absolute atomic E-state index is 0.0924. The molecule has 2 rings (SSSR count). The van der Waals surface area contributed by atoms with E-state index in [1.165, 1.54) is 6.26 Å². The van der Waals surface area contributed by atoms with Gasteiger partial charge in [0.25, 0.3) is 5.91 Å². The molecule has 1 saturated carbocycles. The molecule has 1 aromatic heterocycles. The maximum atomic E-state index is 12.2. The van der Waals surface area contributed by atoms with Gasteiger partial charge in [-0.15, -0.1) is 0 Å². The third kappa shape index (κ3) is 4.06. The number of carbonyl (C=O) groups is 1. The predicted molar refractivity (Wildman–Crippen MR) is 81.0 cm³/mol. The molecule has 0 radical (unpaired) electrons. The summed E-state index contributed by atoms with van der Waals surface area (Å²) in [6.45, 7) is 4.04. The second-order valence-electron chi connectivity index (χ2n) is 6.15. The van der Waals surface area contributed by atoms with Crippen LogP contribution in [0.2, 0.25) is 0 Å². The summed E-state index contributed by atoms with van der Waals surface area (Å²) in [5.41, 5.74) is 1.28. The van der Waals surface area contributed by atoms with Crippen molar-refractivity contribution in [3.8, 4) is 0 Å². The van der Waals surface area contributed by atoms with Gasteiger partial charge in [-0.1, -0.05) is 20.3 Å². The Kier molecular flexibility index (Phi) is 4.70. The van der Waals surface area contributed by atoms with Crippen LogP contribution < -0.4 is 5.32 Å². The normalized spacial score (nSPS) is 23.2.